The lowest BCUT2D eigenvalue weighted by Crippen LogP contribution is -1.94. The highest BCUT2D eigenvalue weighted by Gasteiger charge is 2.18. The van der Waals surface area contributed by atoms with Crippen LogP contribution in [0.3, 0.4) is 0 Å². The standard InChI is InChI=1S/C46H30N2O/c1-3-12-31(13-4-1)32-24-26-33(27-25-32)35-16-9-17-36(28-35)37-18-10-19-38(29-37)39-20-11-21-40(30-39)45-47-44(34-14-5-2-6-15-34)43-41-22-7-8-23-42(41)49-46(43)48-45/h1-30H. The molecule has 0 fully saturated rings. The molecule has 0 aliphatic carbocycles. The minimum atomic E-state index is 0.590. The highest BCUT2D eigenvalue weighted by Crippen LogP contribution is 2.37. The van der Waals surface area contributed by atoms with Gasteiger partial charge in [-0.05, 0) is 68.8 Å². The molecule has 9 rings (SSSR count). The molecule has 0 radical (unpaired) electrons. The van der Waals surface area contributed by atoms with Crippen molar-refractivity contribution in [2.75, 3.05) is 0 Å². The maximum absolute atomic E-state index is 6.27. The van der Waals surface area contributed by atoms with Crippen LogP contribution in [0.25, 0.3) is 89.2 Å². The first-order valence-electron chi connectivity index (χ1n) is 16.5. The lowest BCUT2D eigenvalue weighted by atomic mass is 9.95. The number of furan rings is 1. The van der Waals surface area contributed by atoms with Crippen LogP contribution in [0.4, 0.5) is 0 Å². The third-order valence-electron chi connectivity index (χ3n) is 9.12. The summed E-state index contributed by atoms with van der Waals surface area (Å²) in [6, 6.07) is 63.6. The number of fused-ring (bicyclic) bond motifs is 3. The van der Waals surface area contributed by atoms with E-state index in [0.717, 1.165) is 49.9 Å². The van der Waals surface area contributed by atoms with Crippen molar-refractivity contribution in [3.05, 3.63) is 182 Å². The molecule has 0 amide bonds. The van der Waals surface area contributed by atoms with Crippen molar-refractivity contribution >= 4 is 22.1 Å². The molecule has 49 heavy (non-hydrogen) atoms. The average molecular weight is 627 g/mol. The fraction of sp³-hybridized carbons (Fsp3) is 0. The number of rotatable bonds is 6. The number of nitrogens with zero attached hydrogens (tertiary/aromatic N) is 2. The van der Waals surface area contributed by atoms with Crippen molar-refractivity contribution in [3.63, 3.8) is 0 Å². The van der Waals surface area contributed by atoms with Gasteiger partial charge in [-0.25, -0.2) is 4.98 Å². The number of hydrogen-bond donors (Lipinski definition) is 0. The Balaban J connectivity index is 1.07. The predicted octanol–water partition coefficient (Wildman–Crippen LogP) is 12.4. The zero-order valence-electron chi connectivity index (χ0n) is 26.6. The highest BCUT2D eigenvalue weighted by atomic mass is 16.3. The van der Waals surface area contributed by atoms with Crippen molar-refractivity contribution in [3.8, 4) is 67.2 Å². The molecule has 7 aromatic carbocycles. The van der Waals surface area contributed by atoms with Crippen molar-refractivity contribution in [1.82, 2.24) is 9.97 Å². The summed E-state index contributed by atoms with van der Waals surface area (Å²) in [7, 11) is 0. The fourth-order valence-corrected chi connectivity index (χ4v) is 6.64. The Kier molecular flexibility index (Phi) is 7.14. The van der Waals surface area contributed by atoms with Crippen LogP contribution in [0.5, 0.6) is 0 Å². The van der Waals surface area contributed by atoms with Gasteiger partial charge in [0.05, 0.1) is 11.1 Å². The Labute approximate surface area is 284 Å². The fourth-order valence-electron chi connectivity index (χ4n) is 6.64. The Hall–Kier alpha value is -6.58. The first kappa shape index (κ1) is 28.6. The normalized spacial score (nSPS) is 11.3. The molecule has 0 aliphatic rings. The van der Waals surface area contributed by atoms with Gasteiger partial charge in [0.1, 0.15) is 5.58 Å². The maximum Gasteiger partial charge on any atom is 0.231 e. The van der Waals surface area contributed by atoms with Gasteiger partial charge in [-0.3, -0.25) is 0 Å². The lowest BCUT2D eigenvalue weighted by molar-refractivity contribution is 0.653. The van der Waals surface area contributed by atoms with Crippen LogP contribution in [0, 0.1) is 0 Å². The molecule has 230 valence electrons. The molecule has 2 aromatic heterocycles. The van der Waals surface area contributed by atoms with E-state index in [1.165, 1.54) is 27.8 Å². The predicted molar refractivity (Wildman–Crippen MR) is 202 cm³/mol. The quantitative estimate of drug-likeness (QED) is 0.184. The van der Waals surface area contributed by atoms with Gasteiger partial charge in [0.15, 0.2) is 5.82 Å². The van der Waals surface area contributed by atoms with Crippen molar-refractivity contribution in [2.45, 2.75) is 0 Å². The second-order valence-electron chi connectivity index (χ2n) is 12.2. The van der Waals surface area contributed by atoms with Gasteiger partial charge in [-0.15, -0.1) is 0 Å². The number of aromatic nitrogens is 2. The summed E-state index contributed by atoms with van der Waals surface area (Å²) in [5.41, 5.74) is 13.6. The monoisotopic (exact) mass is 626 g/mol. The van der Waals surface area contributed by atoms with E-state index in [2.05, 4.69) is 140 Å². The molecule has 3 nitrogen and oxygen atoms in total. The van der Waals surface area contributed by atoms with Crippen LogP contribution in [-0.2, 0) is 0 Å². The Morgan fingerprint density at radius 3 is 1.37 bits per heavy atom. The van der Waals surface area contributed by atoms with Gasteiger partial charge >= 0.3 is 0 Å². The first-order chi connectivity index (χ1) is 24.3. The molecule has 2 heterocycles. The van der Waals surface area contributed by atoms with Gasteiger partial charge in [0, 0.05) is 16.5 Å². The molecule has 0 N–H and O–H groups in total. The minimum Gasteiger partial charge on any atom is -0.438 e. The summed E-state index contributed by atoms with van der Waals surface area (Å²) < 4.78 is 6.27. The zero-order valence-corrected chi connectivity index (χ0v) is 26.6. The lowest BCUT2D eigenvalue weighted by Gasteiger charge is -2.11. The van der Waals surface area contributed by atoms with E-state index >= 15 is 0 Å². The molecular weight excluding hydrogens is 597 g/mol. The Morgan fingerprint density at radius 1 is 0.327 bits per heavy atom. The van der Waals surface area contributed by atoms with Gasteiger partial charge in [0.25, 0.3) is 0 Å². The summed E-state index contributed by atoms with van der Waals surface area (Å²) in [6.07, 6.45) is 0. The molecule has 0 saturated heterocycles. The third-order valence-corrected chi connectivity index (χ3v) is 9.12. The van der Waals surface area contributed by atoms with Crippen molar-refractivity contribution < 1.29 is 4.42 Å². The Bertz CT molecular complexity index is 2590. The van der Waals surface area contributed by atoms with E-state index in [1.54, 1.807) is 0 Å². The van der Waals surface area contributed by atoms with E-state index in [4.69, 9.17) is 14.4 Å². The van der Waals surface area contributed by atoms with Crippen LogP contribution in [0.2, 0.25) is 0 Å². The Morgan fingerprint density at radius 2 is 0.755 bits per heavy atom. The van der Waals surface area contributed by atoms with E-state index in [-0.39, 0.29) is 0 Å². The van der Waals surface area contributed by atoms with Crippen LogP contribution in [-0.4, -0.2) is 9.97 Å². The van der Waals surface area contributed by atoms with Gasteiger partial charge < -0.3 is 4.42 Å². The van der Waals surface area contributed by atoms with E-state index < -0.39 is 0 Å². The molecule has 0 spiro atoms. The van der Waals surface area contributed by atoms with Gasteiger partial charge in [-0.2, -0.15) is 4.98 Å². The molecule has 9 aromatic rings. The molecule has 0 aliphatic heterocycles. The summed E-state index contributed by atoms with van der Waals surface area (Å²) >= 11 is 0. The van der Waals surface area contributed by atoms with E-state index in [0.29, 0.717) is 11.5 Å². The van der Waals surface area contributed by atoms with Gasteiger partial charge in [-0.1, -0.05) is 158 Å². The summed E-state index contributed by atoms with van der Waals surface area (Å²) in [6.45, 7) is 0. The van der Waals surface area contributed by atoms with Crippen molar-refractivity contribution in [1.29, 1.82) is 0 Å². The molecule has 3 heteroatoms. The SMILES string of the molecule is c1ccc(-c2ccc(-c3cccc(-c4cccc(-c5cccc(-c6nc(-c7ccccc7)c7c(n6)oc6ccccc67)c5)c4)c3)cc2)cc1. The van der Waals surface area contributed by atoms with E-state index in [1.807, 2.05) is 42.5 Å². The molecular formula is C46H30N2O. The van der Waals surface area contributed by atoms with Crippen LogP contribution in [0.1, 0.15) is 0 Å². The summed E-state index contributed by atoms with van der Waals surface area (Å²) in [4.78, 5) is 10.1. The average Bonchev–Trinajstić information content (AvgIpc) is 3.57. The molecule has 0 atom stereocenters. The smallest absolute Gasteiger partial charge is 0.231 e. The number of benzene rings is 7. The molecule has 0 unspecified atom stereocenters. The maximum atomic E-state index is 6.27. The molecule has 0 bridgehead atoms. The zero-order chi connectivity index (χ0) is 32.6. The third kappa shape index (κ3) is 5.48. The number of para-hydroxylation sites is 1. The number of hydrogen-bond acceptors (Lipinski definition) is 3. The van der Waals surface area contributed by atoms with E-state index in [9.17, 15) is 0 Å². The van der Waals surface area contributed by atoms with Crippen LogP contribution < -0.4 is 0 Å². The van der Waals surface area contributed by atoms with Crippen molar-refractivity contribution in [2.24, 2.45) is 0 Å². The summed E-state index contributed by atoms with van der Waals surface area (Å²) in [5.74, 6) is 0.634. The second kappa shape index (κ2) is 12.2. The largest absolute Gasteiger partial charge is 0.438 e. The van der Waals surface area contributed by atoms with Crippen LogP contribution in [0.15, 0.2) is 186 Å². The molecule has 0 saturated carbocycles. The highest BCUT2D eigenvalue weighted by molar-refractivity contribution is 6.10. The summed E-state index contributed by atoms with van der Waals surface area (Å²) in [5, 5.41) is 1.95. The van der Waals surface area contributed by atoms with Crippen LogP contribution >= 0.6 is 0 Å². The topological polar surface area (TPSA) is 38.9 Å². The van der Waals surface area contributed by atoms with Gasteiger partial charge in [0.2, 0.25) is 5.71 Å². The second-order valence-corrected chi connectivity index (χ2v) is 12.2. The minimum absolute atomic E-state index is 0.590. The first-order valence-corrected chi connectivity index (χ1v) is 16.5.